The van der Waals surface area contributed by atoms with Gasteiger partial charge in [0.05, 0.1) is 23.2 Å². The molecule has 0 bridgehead atoms. The Morgan fingerprint density at radius 1 is 1.69 bits per heavy atom. The number of hydrogen-bond donors (Lipinski definition) is 0. The third-order valence-corrected chi connectivity index (χ3v) is 3.08. The summed E-state index contributed by atoms with van der Waals surface area (Å²) in [4.78, 5) is 17.7. The average Bonchev–Trinajstić information content (AvgIpc) is 2.81. The van der Waals surface area contributed by atoms with Crippen molar-refractivity contribution >= 4 is 17.5 Å². The summed E-state index contributed by atoms with van der Waals surface area (Å²) in [6.45, 7) is 1.32. The Balaban J connectivity index is 2.15. The van der Waals surface area contributed by atoms with Gasteiger partial charge in [-0.05, 0) is 12.5 Å². The third-order valence-electron chi connectivity index (χ3n) is 2.78. The van der Waals surface area contributed by atoms with E-state index in [0.29, 0.717) is 23.8 Å². The number of rotatable bonds is 2. The van der Waals surface area contributed by atoms with Gasteiger partial charge in [0.15, 0.2) is 0 Å². The zero-order valence-corrected chi connectivity index (χ0v) is 9.78. The second kappa shape index (κ2) is 4.80. The topological polar surface area (TPSA) is 42.4 Å². The monoisotopic (exact) mass is 240 g/mol. The minimum Gasteiger partial charge on any atom is -0.379 e. The molecule has 0 aliphatic carbocycles. The molecule has 16 heavy (non-hydrogen) atoms. The molecule has 1 saturated heterocycles. The normalized spacial score (nSPS) is 19.8. The second-order valence-corrected chi connectivity index (χ2v) is 4.20. The van der Waals surface area contributed by atoms with E-state index < -0.39 is 0 Å². The third kappa shape index (κ3) is 2.18. The van der Waals surface area contributed by atoms with Crippen LogP contribution >= 0.6 is 11.6 Å². The number of pyridine rings is 1. The van der Waals surface area contributed by atoms with Gasteiger partial charge in [-0.1, -0.05) is 11.6 Å². The number of aromatic nitrogens is 1. The fourth-order valence-electron chi connectivity index (χ4n) is 1.73. The van der Waals surface area contributed by atoms with Crippen molar-refractivity contribution in [3.05, 3.63) is 29.0 Å². The van der Waals surface area contributed by atoms with Gasteiger partial charge in [-0.3, -0.25) is 9.78 Å². The van der Waals surface area contributed by atoms with E-state index in [1.807, 2.05) is 0 Å². The Morgan fingerprint density at radius 3 is 3.12 bits per heavy atom. The first kappa shape index (κ1) is 11.4. The molecule has 1 aromatic rings. The molecular formula is C11H13ClN2O2. The lowest BCUT2D eigenvalue weighted by Crippen LogP contribution is -2.37. The van der Waals surface area contributed by atoms with E-state index in [1.165, 1.54) is 6.20 Å². The van der Waals surface area contributed by atoms with Crippen LogP contribution in [0.1, 0.15) is 16.8 Å². The first-order valence-corrected chi connectivity index (χ1v) is 5.52. The first-order chi connectivity index (χ1) is 7.70. The van der Waals surface area contributed by atoms with Crippen molar-refractivity contribution < 1.29 is 9.53 Å². The van der Waals surface area contributed by atoms with Gasteiger partial charge in [0.25, 0.3) is 5.91 Å². The molecule has 2 heterocycles. The van der Waals surface area contributed by atoms with Gasteiger partial charge < -0.3 is 9.64 Å². The van der Waals surface area contributed by atoms with E-state index in [9.17, 15) is 4.79 Å². The van der Waals surface area contributed by atoms with E-state index >= 15 is 0 Å². The van der Waals surface area contributed by atoms with E-state index in [0.717, 1.165) is 6.42 Å². The van der Waals surface area contributed by atoms with Crippen LogP contribution in [0.3, 0.4) is 0 Å². The number of carbonyl (C=O) groups excluding carboxylic acids is 1. The Hall–Kier alpha value is -1.13. The van der Waals surface area contributed by atoms with Crippen molar-refractivity contribution in [2.75, 3.05) is 20.3 Å². The van der Waals surface area contributed by atoms with Gasteiger partial charge in [0.2, 0.25) is 0 Å². The van der Waals surface area contributed by atoms with Crippen molar-refractivity contribution in [2.45, 2.75) is 12.5 Å². The highest BCUT2D eigenvalue weighted by molar-refractivity contribution is 6.33. The molecule has 4 nitrogen and oxygen atoms in total. The SMILES string of the molecule is CN(C(=O)c1ccncc1Cl)C1CCOC1. The summed E-state index contributed by atoms with van der Waals surface area (Å²) in [5.74, 6) is -0.0806. The molecule has 0 N–H and O–H groups in total. The predicted octanol–water partition coefficient (Wildman–Crippen LogP) is 1.60. The molecule has 86 valence electrons. The molecule has 0 saturated carbocycles. The summed E-state index contributed by atoms with van der Waals surface area (Å²) in [5, 5.41) is 0.387. The molecule has 1 atom stereocenters. The molecule has 1 aliphatic rings. The summed E-state index contributed by atoms with van der Waals surface area (Å²) >= 11 is 5.93. The van der Waals surface area contributed by atoms with E-state index in [4.69, 9.17) is 16.3 Å². The molecule has 1 aliphatic heterocycles. The van der Waals surface area contributed by atoms with Gasteiger partial charge in [0, 0.05) is 26.0 Å². The van der Waals surface area contributed by atoms with Gasteiger partial charge in [0.1, 0.15) is 0 Å². The fourth-order valence-corrected chi connectivity index (χ4v) is 1.93. The van der Waals surface area contributed by atoms with E-state index in [1.54, 1.807) is 24.2 Å². The molecule has 0 radical (unpaired) electrons. The lowest BCUT2D eigenvalue weighted by molar-refractivity contribution is 0.0711. The van der Waals surface area contributed by atoms with Crippen LogP contribution in [0.2, 0.25) is 5.02 Å². The predicted molar refractivity (Wildman–Crippen MR) is 60.6 cm³/mol. The molecule has 0 aromatic carbocycles. The summed E-state index contributed by atoms with van der Waals surface area (Å²) in [5.41, 5.74) is 0.492. The number of amides is 1. The molecule has 1 amide bonds. The van der Waals surface area contributed by atoms with Crippen molar-refractivity contribution in [3.63, 3.8) is 0 Å². The van der Waals surface area contributed by atoms with Crippen LogP contribution in [0.25, 0.3) is 0 Å². The Bertz CT molecular complexity index is 391. The Morgan fingerprint density at radius 2 is 2.50 bits per heavy atom. The molecule has 1 unspecified atom stereocenters. The summed E-state index contributed by atoms with van der Waals surface area (Å²) in [6.07, 6.45) is 3.93. The highest BCUT2D eigenvalue weighted by Crippen LogP contribution is 2.18. The smallest absolute Gasteiger partial charge is 0.255 e. The number of ether oxygens (including phenoxy) is 1. The standard InChI is InChI=1S/C11H13ClN2O2/c1-14(8-3-5-16-7-8)11(15)9-2-4-13-6-10(9)12/h2,4,6,8H,3,5,7H2,1H3. The van der Waals surface area contributed by atoms with Crippen LogP contribution in [0, 0.1) is 0 Å². The van der Waals surface area contributed by atoms with Crippen molar-refractivity contribution in [1.29, 1.82) is 0 Å². The van der Waals surface area contributed by atoms with Gasteiger partial charge >= 0.3 is 0 Å². The summed E-state index contributed by atoms with van der Waals surface area (Å²) in [7, 11) is 1.78. The van der Waals surface area contributed by atoms with Gasteiger partial charge in [-0.15, -0.1) is 0 Å². The molecule has 1 fully saturated rings. The number of hydrogen-bond acceptors (Lipinski definition) is 3. The van der Waals surface area contributed by atoms with Crippen LogP contribution < -0.4 is 0 Å². The molecule has 1 aromatic heterocycles. The Labute approximate surface area is 99.2 Å². The molecule has 0 spiro atoms. The number of halogens is 1. The highest BCUT2D eigenvalue weighted by atomic mass is 35.5. The van der Waals surface area contributed by atoms with Crippen LogP contribution in [0.15, 0.2) is 18.5 Å². The largest absolute Gasteiger partial charge is 0.379 e. The van der Waals surface area contributed by atoms with Crippen LogP contribution in [0.4, 0.5) is 0 Å². The van der Waals surface area contributed by atoms with E-state index in [2.05, 4.69) is 4.98 Å². The maximum Gasteiger partial charge on any atom is 0.255 e. The average molecular weight is 241 g/mol. The number of likely N-dealkylation sites (N-methyl/N-ethyl adjacent to an activating group) is 1. The fraction of sp³-hybridized carbons (Fsp3) is 0.455. The molecular weight excluding hydrogens is 228 g/mol. The summed E-state index contributed by atoms with van der Waals surface area (Å²) in [6, 6.07) is 1.79. The Kier molecular flexibility index (Phi) is 3.41. The van der Waals surface area contributed by atoms with E-state index in [-0.39, 0.29) is 11.9 Å². The van der Waals surface area contributed by atoms with Crippen molar-refractivity contribution in [3.8, 4) is 0 Å². The molecule has 2 rings (SSSR count). The zero-order valence-electron chi connectivity index (χ0n) is 9.02. The maximum atomic E-state index is 12.1. The van der Waals surface area contributed by atoms with Gasteiger partial charge in [-0.2, -0.15) is 0 Å². The summed E-state index contributed by atoms with van der Waals surface area (Å²) < 4.78 is 5.26. The van der Waals surface area contributed by atoms with Crippen molar-refractivity contribution in [2.24, 2.45) is 0 Å². The quantitative estimate of drug-likeness (QED) is 0.789. The lowest BCUT2D eigenvalue weighted by atomic mass is 10.2. The van der Waals surface area contributed by atoms with Crippen molar-refractivity contribution in [1.82, 2.24) is 9.88 Å². The van der Waals surface area contributed by atoms with Crippen LogP contribution in [0.5, 0.6) is 0 Å². The highest BCUT2D eigenvalue weighted by Gasteiger charge is 2.25. The number of nitrogens with zero attached hydrogens (tertiary/aromatic N) is 2. The second-order valence-electron chi connectivity index (χ2n) is 3.79. The minimum absolute atomic E-state index is 0.0806. The number of carbonyl (C=O) groups is 1. The lowest BCUT2D eigenvalue weighted by Gasteiger charge is -2.23. The van der Waals surface area contributed by atoms with Crippen LogP contribution in [-0.2, 0) is 4.74 Å². The minimum atomic E-state index is -0.0806. The maximum absolute atomic E-state index is 12.1. The molecule has 5 heteroatoms. The zero-order chi connectivity index (χ0) is 11.5. The first-order valence-electron chi connectivity index (χ1n) is 5.14. The van der Waals surface area contributed by atoms with Crippen LogP contribution in [-0.4, -0.2) is 42.1 Å². The van der Waals surface area contributed by atoms with Gasteiger partial charge in [-0.25, -0.2) is 0 Å².